The third-order valence-corrected chi connectivity index (χ3v) is 2.26. The Hall–Kier alpha value is -1.24. The van der Waals surface area contributed by atoms with Crippen molar-refractivity contribution in [2.75, 3.05) is 0 Å². The van der Waals surface area contributed by atoms with E-state index in [1.54, 1.807) is 0 Å². The van der Waals surface area contributed by atoms with Crippen molar-refractivity contribution in [3.05, 3.63) is 28.6 Å². The molecule has 0 aliphatic heterocycles. The quantitative estimate of drug-likeness (QED) is 0.478. The minimum absolute atomic E-state index is 0.0958. The topological polar surface area (TPSA) is 30.0 Å². The first-order valence-electron chi connectivity index (χ1n) is 4.21. The highest BCUT2D eigenvalue weighted by molar-refractivity contribution is 6.17. The fourth-order valence-electron chi connectivity index (χ4n) is 1.28. The molecule has 94 valence electrons. The monoisotopic (exact) mass is 273 g/mol. The summed E-state index contributed by atoms with van der Waals surface area (Å²) in [6, 6.07) is 0. The molecule has 0 saturated carbocycles. The van der Waals surface area contributed by atoms with E-state index in [2.05, 4.69) is 4.98 Å². The largest absolute Gasteiger partial charge is 0.418 e. The van der Waals surface area contributed by atoms with Crippen molar-refractivity contribution >= 4 is 17.9 Å². The molecule has 0 aliphatic carbocycles. The van der Waals surface area contributed by atoms with E-state index in [-0.39, 0.29) is 18.2 Å². The lowest BCUT2D eigenvalue weighted by molar-refractivity contribution is -0.139. The van der Waals surface area contributed by atoms with E-state index in [4.69, 9.17) is 11.6 Å². The molecule has 0 aliphatic rings. The molecule has 1 heterocycles. The van der Waals surface area contributed by atoms with Crippen LogP contribution in [0, 0.1) is 0 Å². The Balaban J connectivity index is 3.59. The van der Waals surface area contributed by atoms with Gasteiger partial charge in [0, 0.05) is 17.3 Å². The van der Waals surface area contributed by atoms with Crippen molar-refractivity contribution in [2.45, 2.75) is 18.5 Å². The first-order valence-corrected chi connectivity index (χ1v) is 4.74. The van der Waals surface area contributed by atoms with Crippen LogP contribution in [0.3, 0.4) is 0 Å². The number of nitrogens with zero attached hydrogens (tertiary/aromatic N) is 1. The summed E-state index contributed by atoms with van der Waals surface area (Å²) in [5.41, 5.74) is -4.10. The van der Waals surface area contributed by atoms with E-state index in [0.717, 1.165) is 0 Å². The lowest BCUT2D eigenvalue weighted by Gasteiger charge is -2.15. The normalized spacial score (nSPS) is 11.9. The zero-order chi connectivity index (χ0) is 13.2. The van der Waals surface area contributed by atoms with Gasteiger partial charge in [0.15, 0.2) is 6.29 Å². The van der Waals surface area contributed by atoms with Gasteiger partial charge in [-0.15, -0.1) is 11.6 Å². The molecule has 1 rings (SSSR count). The Bertz CT molecular complexity index is 432. The van der Waals surface area contributed by atoms with E-state index in [1.807, 2.05) is 0 Å². The maximum Gasteiger partial charge on any atom is 0.418 e. The number of rotatable bonds is 3. The molecule has 1 aromatic rings. The van der Waals surface area contributed by atoms with Gasteiger partial charge in [-0.2, -0.15) is 13.2 Å². The average Bonchev–Trinajstić information content (AvgIpc) is 2.25. The number of hydrogen-bond donors (Lipinski definition) is 0. The number of pyridine rings is 1. The molecule has 2 nitrogen and oxygen atoms in total. The minimum Gasteiger partial charge on any atom is -0.298 e. The zero-order valence-electron chi connectivity index (χ0n) is 8.06. The first kappa shape index (κ1) is 13.8. The molecule has 0 saturated heterocycles. The molecule has 0 aromatic carbocycles. The molecule has 8 heteroatoms. The van der Waals surface area contributed by atoms with Crippen molar-refractivity contribution in [2.24, 2.45) is 0 Å². The van der Waals surface area contributed by atoms with Crippen molar-refractivity contribution in [1.29, 1.82) is 0 Å². The smallest absolute Gasteiger partial charge is 0.298 e. The molecule has 0 N–H and O–H groups in total. The summed E-state index contributed by atoms with van der Waals surface area (Å²) in [6.45, 7) is 0. The van der Waals surface area contributed by atoms with E-state index >= 15 is 0 Å². The predicted octanol–water partition coefficient (Wildman–Crippen LogP) is 3.59. The fourth-order valence-corrected chi connectivity index (χ4v) is 1.49. The number of aromatic nitrogens is 1. The maximum absolute atomic E-state index is 12.6. The van der Waals surface area contributed by atoms with Crippen molar-refractivity contribution < 1.29 is 26.7 Å². The molecular formula is C9H5ClF5NO. The molecule has 1 aromatic heterocycles. The highest BCUT2D eigenvalue weighted by Crippen LogP contribution is 2.38. The van der Waals surface area contributed by atoms with Crippen LogP contribution in [0.1, 0.15) is 33.6 Å². The minimum atomic E-state index is -5.00. The number of carbonyl (C=O) groups excluding carboxylic acids is 1. The average molecular weight is 274 g/mol. The lowest BCUT2D eigenvalue weighted by atomic mass is 10.0. The third-order valence-electron chi connectivity index (χ3n) is 2.01. The molecule has 0 bridgehead atoms. The van der Waals surface area contributed by atoms with Crippen LogP contribution in [0.5, 0.6) is 0 Å². The van der Waals surface area contributed by atoms with Gasteiger partial charge in [0.05, 0.1) is 17.1 Å². The SMILES string of the molecule is O=Cc1c(CCl)ncc(C(F)(F)F)c1C(F)F. The highest BCUT2D eigenvalue weighted by atomic mass is 35.5. The van der Waals surface area contributed by atoms with Crippen LogP contribution in [0.4, 0.5) is 22.0 Å². The van der Waals surface area contributed by atoms with Crippen LogP contribution in [0.2, 0.25) is 0 Å². The Labute approximate surface area is 97.4 Å². The second-order valence-corrected chi connectivity index (χ2v) is 3.26. The van der Waals surface area contributed by atoms with Gasteiger partial charge in [-0.3, -0.25) is 9.78 Å². The van der Waals surface area contributed by atoms with Crippen LogP contribution < -0.4 is 0 Å². The Morgan fingerprint density at radius 1 is 1.41 bits per heavy atom. The van der Waals surface area contributed by atoms with Crippen molar-refractivity contribution in [1.82, 2.24) is 4.98 Å². The summed E-state index contributed by atoms with van der Waals surface area (Å²) in [6.07, 6.45) is -8.27. The van der Waals surface area contributed by atoms with E-state index in [0.29, 0.717) is 0 Å². The van der Waals surface area contributed by atoms with Gasteiger partial charge in [0.1, 0.15) is 0 Å². The molecular weight excluding hydrogens is 269 g/mol. The lowest BCUT2D eigenvalue weighted by Crippen LogP contribution is -2.14. The maximum atomic E-state index is 12.6. The Morgan fingerprint density at radius 2 is 2.00 bits per heavy atom. The number of halogens is 6. The van der Waals surface area contributed by atoms with Crippen molar-refractivity contribution in [3.8, 4) is 0 Å². The fraction of sp³-hybridized carbons (Fsp3) is 0.333. The Morgan fingerprint density at radius 3 is 2.35 bits per heavy atom. The standard InChI is InChI=1S/C9H5ClF5NO/c10-1-6-4(3-17)7(8(11)12)5(2-16-6)9(13,14)15/h2-3,8H,1H2. The van der Waals surface area contributed by atoms with Gasteiger partial charge in [-0.05, 0) is 0 Å². The van der Waals surface area contributed by atoms with Gasteiger partial charge in [0.2, 0.25) is 0 Å². The number of hydrogen-bond acceptors (Lipinski definition) is 2. The summed E-state index contributed by atoms with van der Waals surface area (Å²) in [7, 11) is 0. The predicted molar refractivity (Wildman–Crippen MR) is 49.1 cm³/mol. The van der Waals surface area contributed by atoms with E-state index < -0.39 is 35.2 Å². The van der Waals surface area contributed by atoms with Gasteiger partial charge in [-0.1, -0.05) is 0 Å². The third kappa shape index (κ3) is 2.71. The highest BCUT2D eigenvalue weighted by Gasteiger charge is 2.38. The second kappa shape index (κ2) is 4.95. The summed E-state index contributed by atoms with van der Waals surface area (Å²) in [5.74, 6) is -0.425. The molecule has 0 radical (unpaired) electrons. The van der Waals surface area contributed by atoms with Crippen LogP contribution >= 0.6 is 11.6 Å². The first-order chi connectivity index (χ1) is 7.82. The molecule has 0 atom stereocenters. The van der Waals surface area contributed by atoms with Crippen LogP contribution in [0.25, 0.3) is 0 Å². The van der Waals surface area contributed by atoms with Crippen molar-refractivity contribution in [3.63, 3.8) is 0 Å². The molecule has 0 fully saturated rings. The summed E-state index contributed by atoms with van der Waals surface area (Å²) >= 11 is 5.31. The second-order valence-electron chi connectivity index (χ2n) is 3.00. The van der Waals surface area contributed by atoms with Crippen LogP contribution in [-0.4, -0.2) is 11.3 Å². The number of aldehydes is 1. The van der Waals surface area contributed by atoms with Gasteiger partial charge in [0.25, 0.3) is 6.43 Å². The van der Waals surface area contributed by atoms with Crippen LogP contribution in [0.15, 0.2) is 6.20 Å². The summed E-state index contributed by atoms with van der Waals surface area (Å²) < 4.78 is 62.5. The van der Waals surface area contributed by atoms with Gasteiger partial charge < -0.3 is 0 Å². The number of alkyl halides is 6. The van der Waals surface area contributed by atoms with Crippen LogP contribution in [-0.2, 0) is 12.1 Å². The molecule has 0 unspecified atom stereocenters. The Kier molecular flexibility index (Phi) is 4.03. The van der Waals surface area contributed by atoms with E-state index in [1.165, 1.54) is 0 Å². The zero-order valence-corrected chi connectivity index (χ0v) is 8.82. The van der Waals surface area contributed by atoms with Gasteiger partial charge in [-0.25, -0.2) is 8.78 Å². The molecule has 0 amide bonds. The van der Waals surface area contributed by atoms with E-state index in [9.17, 15) is 26.7 Å². The summed E-state index contributed by atoms with van der Waals surface area (Å²) in [5, 5.41) is 0. The molecule has 0 spiro atoms. The molecule has 17 heavy (non-hydrogen) atoms. The number of carbonyl (C=O) groups is 1. The van der Waals surface area contributed by atoms with Gasteiger partial charge >= 0.3 is 6.18 Å². The summed E-state index contributed by atoms with van der Waals surface area (Å²) in [4.78, 5) is 13.9.